The van der Waals surface area contributed by atoms with E-state index in [1.807, 2.05) is 6.07 Å². The average Bonchev–Trinajstić information content (AvgIpc) is 3.34. The molecule has 244 valence electrons. The molecule has 1 aromatic heterocycles. The number of ether oxygens (including phenoxy) is 2. The van der Waals surface area contributed by atoms with Gasteiger partial charge in [-0.25, -0.2) is 13.6 Å². The Morgan fingerprint density at radius 3 is 2.39 bits per heavy atom. The van der Waals surface area contributed by atoms with Crippen LogP contribution in [0.4, 0.5) is 37.4 Å². The lowest BCUT2D eigenvalue weighted by Gasteiger charge is -2.46. The molecule has 1 amide bonds. The number of methoxy groups -OCH3 is 1. The molecule has 0 radical (unpaired) electrons. The van der Waals surface area contributed by atoms with Crippen molar-refractivity contribution in [2.24, 2.45) is 0 Å². The SMILES string of the molecule is COc1cccc(N2C(O)c3c(sc(Br)c3CN(C)C(=O)OCc3ccccc3)N(Cc3c(F)cccc3C(F)(F)F)C2O)c1F. The van der Waals surface area contributed by atoms with Crippen molar-refractivity contribution < 1.29 is 46.4 Å². The summed E-state index contributed by atoms with van der Waals surface area (Å²) in [6.07, 6.45) is -9.38. The predicted octanol–water partition coefficient (Wildman–Crippen LogP) is 7.38. The molecule has 0 aliphatic carbocycles. The Morgan fingerprint density at radius 2 is 1.72 bits per heavy atom. The lowest BCUT2D eigenvalue weighted by Crippen LogP contribution is -2.54. The Hall–Kier alpha value is -3.92. The fourth-order valence-electron chi connectivity index (χ4n) is 5.14. The monoisotopic (exact) mass is 727 g/mol. The third kappa shape index (κ3) is 6.49. The fourth-order valence-corrected chi connectivity index (χ4v) is 7.02. The van der Waals surface area contributed by atoms with Crippen molar-refractivity contribution in [2.45, 2.75) is 38.5 Å². The number of carbonyl (C=O) groups excluding carboxylic acids is 1. The maximum absolute atomic E-state index is 15.6. The highest BCUT2D eigenvalue weighted by Crippen LogP contribution is 2.51. The third-order valence-corrected chi connectivity index (χ3v) is 9.43. The lowest BCUT2D eigenvalue weighted by molar-refractivity contribution is -0.138. The van der Waals surface area contributed by atoms with E-state index in [9.17, 15) is 28.2 Å². The van der Waals surface area contributed by atoms with Gasteiger partial charge in [0.05, 0.1) is 35.2 Å². The molecule has 8 nitrogen and oxygen atoms in total. The van der Waals surface area contributed by atoms with E-state index in [2.05, 4.69) is 15.9 Å². The van der Waals surface area contributed by atoms with Gasteiger partial charge in [-0.2, -0.15) is 13.2 Å². The highest BCUT2D eigenvalue weighted by molar-refractivity contribution is 9.11. The standard InChI is InChI=1S/C31H27BrF5N3O5S/c1-38(30(43)45-16-17-8-4-3-5-9-17)14-19-24-27(41)40(22-12-7-13-23(44-2)25(22)34)29(42)39(28(24)46-26(19)32)15-18-20(31(35,36)37)10-6-11-21(18)33/h3-13,27,29,41-42H,14-16H2,1-2H3. The van der Waals surface area contributed by atoms with Crippen LogP contribution < -0.4 is 14.5 Å². The molecule has 3 aromatic carbocycles. The van der Waals surface area contributed by atoms with Crippen molar-refractivity contribution in [2.75, 3.05) is 24.0 Å². The van der Waals surface area contributed by atoms with Gasteiger partial charge in [-0.1, -0.05) is 42.5 Å². The second-order valence-electron chi connectivity index (χ2n) is 10.3. The van der Waals surface area contributed by atoms with Gasteiger partial charge in [0.25, 0.3) is 0 Å². The number of aliphatic hydroxyl groups excluding tert-OH is 2. The topological polar surface area (TPSA) is 85.7 Å². The summed E-state index contributed by atoms with van der Waals surface area (Å²) in [6.45, 7) is -0.989. The van der Waals surface area contributed by atoms with Gasteiger partial charge in [-0.3, -0.25) is 4.90 Å². The summed E-state index contributed by atoms with van der Waals surface area (Å²) >= 11 is 4.36. The van der Waals surface area contributed by atoms with Gasteiger partial charge in [0, 0.05) is 23.7 Å². The largest absolute Gasteiger partial charge is 0.494 e. The summed E-state index contributed by atoms with van der Waals surface area (Å²) in [5.74, 6) is -2.37. The van der Waals surface area contributed by atoms with Crippen LogP contribution in [0.5, 0.6) is 5.75 Å². The summed E-state index contributed by atoms with van der Waals surface area (Å²) < 4.78 is 83.3. The number of alkyl halides is 3. The molecule has 0 saturated carbocycles. The van der Waals surface area contributed by atoms with Crippen molar-refractivity contribution in [3.05, 3.63) is 110 Å². The van der Waals surface area contributed by atoms with Gasteiger partial charge < -0.3 is 29.5 Å². The zero-order chi connectivity index (χ0) is 33.3. The van der Waals surface area contributed by atoms with Gasteiger partial charge in [-0.05, 0) is 45.8 Å². The van der Waals surface area contributed by atoms with Gasteiger partial charge in [0.15, 0.2) is 17.8 Å². The smallest absolute Gasteiger partial charge is 0.416 e. The molecule has 0 spiro atoms. The van der Waals surface area contributed by atoms with Gasteiger partial charge in [0.1, 0.15) is 17.4 Å². The molecular formula is C31H27BrF5N3O5S. The molecule has 1 aliphatic rings. The number of benzene rings is 3. The molecule has 2 heterocycles. The van der Waals surface area contributed by atoms with Crippen molar-refractivity contribution in [3.63, 3.8) is 0 Å². The van der Waals surface area contributed by atoms with Crippen molar-refractivity contribution in [3.8, 4) is 5.75 Å². The number of anilines is 2. The highest BCUT2D eigenvalue weighted by Gasteiger charge is 2.44. The molecule has 15 heteroatoms. The van der Waals surface area contributed by atoms with E-state index in [1.54, 1.807) is 24.3 Å². The Morgan fingerprint density at radius 1 is 1.02 bits per heavy atom. The molecule has 0 saturated heterocycles. The molecule has 1 aliphatic heterocycles. The maximum Gasteiger partial charge on any atom is 0.416 e. The minimum Gasteiger partial charge on any atom is -0.494 e. The lowest BCUT2D eigenvalue weighted by atomic mass is 10.0. The quantitative estimate of drug-likeness (QED) is 0.183. The first kappa shape index (κ1) is 33.4. The number of hydrogen-bond acceptors (Lipinski definition) is 8. The normalized spacial score (nSPS) is 16.3. The summed E-state index contributed by atoms with van der Waals surface area (Å²) in [6, 6.07) is 15.4. The van der Waals surface area contributed by atoms with E-state index in [4.69, 9.17) is 9.47 Å². The second kappa shape index (κ2) is 13.4. The zero-order valence-corrected chi connectivity index (χ0v) is 26.7. The van der Waals surface area contributed by atoms with Crippen LogP contribution in [-0.4, -0.2) is 41.7 Å². The van der Waals surface area contributed by atoms with E-state index in [0.717, 1.165) is 44.9 Å². The minimum absolute atomic E-state index is 0.0113. The van der Waals surface area contributed by atoms with Crippen molar-refractivity contribution in [1.82, 2.24) is 4.90 Å². The Labute approximate surface area is 272 Å². The van der Waals surface area contributed by atoms with Crippen LogP contribution in [0, 0.1) is 11.6 Å². The number of carbonyl (C=O) groups is 1. The van der Waals surface area contributed by atoms with E-state index in [0.29, 0.717) is 9.35 Å². The van der Waals surface area contributed by atoms with Crippen LogP contribution in [0.2, 0.25) is 0 Å². The molecule has 2 atom stereocenters. The molecule has 0 bridgehead atoms. The number of rotatable bonds is 8. The summed E-state index contributed by atoms with van der Waals surface area (Å²) in [5, 5.41) is 23.3. The molecular weight excluding hydrogens is 701 g/mol. The van der Waals surface area contributed by atoms with Crippen LogP contribution in [0.3, 0.4) is 0 Å². The molecule has 4 aromatic rings. The van der Waals surface area contributed by atoms with Gasteiger partial charge >= 0.3 is 12.3 Å². The minimum atomic E-state index is -4.93. The highest BCUT2D eigenvalue weighted by atomic mass is 79.9. The zero-order valence-electron chi connectivity index (χ0n) is 24.3. The summed E-state index contributed by atoms with van der Waals surface area (Å²) in [5.41, 5.74) is -1.26. The summed E-state index contributed by atoms with van der Waals surface area (Å²) in [4.78, 5) is 16.0. The summed E-state index contributed by atoms with van der Waals surface area (Å²) in [7, 11) is 2.66. The van der Waals surface area contributed by atoms with Gasteiger partial charge in [-0.15, -0.1) is 11.3 Å². The number of thiophene rings is 1. The Balaban J connectivity index is 1.58. The number of fused-ring (bicyclic) bond motifs is 1. The van der Waals surface area contributed by atoms with Crippen molar-refractivity contribution in [1.29, 1.82) is 0 Å². The number of halogens is 6. The van der Waals surface area contributed by atoms with E-state index in [1.165, 1.54) is 37.3 Å². The van der Waals surface area contributed by atoms with Crippen LogP contribution in [0.1, 0.15) is 34.0 Å². The number of hydrogen-bond donors (Lipinski definition) is 2. The second-order valence-corrected chi connectivity index (χ2v) is 12.6. The fraction of sp³-hybridized carbons (Fsp3) is 0.258. The molecule has 5 rings (SSSR count). The Kier molecular flexibility index (Phi) is 9.77. The number of aliphatic hydroxyl groups is 2. The predicted molar refractivity (Wildman–Crippen MR) is 164 cm³/mol. The number of nitrogens with zero attached hydrogens (tertiary/aromatic N) is 3. The molecule has 0 fully saturated rings. The molecule has 2 unspecified atom stereocenters. The Bertz CT molecular complexity index is 1720. The van der Waals surface area contributed by atoms with Gasteiger partial charge in [0.2, 0.25) is 6.35 Å². The molecule has 46 heavy (non-hydrogen) atoms. The third-order valence-electron chi connectivity index (χ3n) is 7.39. The maximum atomic E-state index is 15.6. The first-order valence-electron chi connectivity index (χ1n) is 13.6. The van der Waals surface area contributed by atoms with Crippen LogP contribution in [0.15, 0.2) is 70.5 Å². The van der Waals surface area contributed by atoms with E-state index in [-0.39, 0.29) is 35.2 Å². The van der Waals surface area contributed by atoms with E-state index >= 15 is 8.78 Å². The average molecular weight is 729 g/mol. The van der Waals surface area contributed by atoms with Crippen LogP contribution >= 0.6 is 27.3 Å². The first-order chi connectivity index (χ1) is 21.8. The first-order valence-corrected chi connectivity index (χ1v) is 15.3. The van der Waals surface area contributed by atoms with Crippen molar-refractivity contribution >= 4 is 44.0 Å². The van der Waals surface area contributed by atoms with E-state index < -0.39 is 54.2 Å². The number of amides is 1. The molecule has 2 N–H and O–H groups in total. The van der Waals surface area contributed by atoms with Crippen LogP contribution in [-0.2, 0) is 30.6 Å². The van der Waals surface area contributed by atoms with Crippen LogP contribution in [0.25, 0.3) is 0 Å².